The summed E-state index contributed by atoms with van der Waals surface area (Å²) >= 11 is 5.98. The van der Waals surface area contributed by atoms with Crippen LogP contribution in [0.25, 0.3) is 10.9 Å². The number of aryl methyl sites for hydroxylation is 2. The number of hydrogen-bond acceptors (Lipinski definition) is 2. The Hall–Kier alpha value is -1.81. The third-order valence-corrected chi connectivity index (χ3v) is 5.91. The molecule has 3 aromatic rings. The minimum absolute atomic E-state index is 0.708. The van der Waals surface area contributed by atoms with E-state index >= 15 is 0 Å². The summed E-state index contributed by atoms with van der Waals surface area (Å²) in [7, 11) is 0. The molecule has 0 bridgehead atoms. The Kier molecular flexibility index (Phi) is 4.55. The number of piperidine rings is 1. The molecule has 1 fully saturated rings. The van der Waals surface area contributed by atoms with Crippen LogP contribution in [0.1, 0.15) is 35.1 Å². The Balaban J connectivity index is 1.48. The highest BCUT2D eigenvalue weighted by Crippen LogP contribution is 2.34. The molecule has 1 saturated heterocycles. The number of nitrogens with one attached hydrogen (secondary N) is 1. The highest BCUT2D eigenvalue weighted by Gasteiger charge is 2.34. The van der Waals surface area contributed by atoms with Crippen molar-refractivity contribution in [2.75, 3.05) is 13.1 Å². The van der Waals surface area contributed by atoms with Gasteiger partial charge in [-0.25, -0.2) is 0 Å². The number of H-pyrrole nitrogens is 1. The molecular formula is C22H25ClN2O. The average molecular weight is 369 g/mol. The molecule has 0 saturated carbocycles. The van der Waals surface area contributed by atoms with Crippen LogP contribution < -0.4 is 0 Å². The first-order chi connectivity index (χ1) is 12.4. The largest absolute Gasteiger partial charge is 0.385 e. The number of likely N-dealkylation sites (tertiary alicyclic amines) is 1. The normalized spacial score (nSPS) is 17.7. The van der Waals surface area contributed by atoms with E-state index < -0.39 is 5.60 Å². The van der Waals surface area contributed by atoms with Gasteiger partial charge in [0.05, 0.1) is 5.60 Å². The Morgan fingerprint density at radius 1 is 1.12 bits per heavy atom. The van der Waals surface area contributed by atoms with Crippen molar-refractivity contribution in [1.82, 2.24) is 9.88 Å². The molecule has 0 atom stereocenters. The molecule has 1 aliphatic heterocycles. The summed E-state index contributed by atoms with van der Waals surface area (Å²) in [6, 6.07) is 12.1. The van der Waals surface area contributed by atoms with Crippen molar-refractivity contribution in [1.29, 1.82) is 0 Å². The number of aromatic nitrogens is 1. The second-order valence-electron chi connectivity index (χ2n) is 7.63. The molecule has 0 spiro atoms. The maximum Gasteiger partial charge on any atom is 0.0920 e. The van der Waals surface area contributed by atoms with Gasteiger partial charge in [-0.15, -0.1) is 0 Å². The molecule has 26 heavy (non-hydrogen) atoms. The number of fused-ring (bicyclic) bond motifs is 1. The predicted octanol–water partition coefficient (Wildman–Crippen LogP) is 4.92. The minimum atomic E-state index is -0.742. The quantitative estimate of drug-likeness (QED) is 0.688. The van der Waals surface area contributed by atoms with Crippen LogP contribution in [0.15, 0.2) is 42.6 Å². The van der Waals surface area contributed by atoms with Crippen LogP contribution in [0.2, 0.25) is 5.02 Å². The smallest absolute Gasteiger partial charge is 0.0920 e. The van der Waals surface area contributed by atoms with E-state index in [4.69, 9.17) is 11.6 Å². The fourth-order valence-electron chi connectivity index (χ4n) is 4.24. The van der Waals surface area contributed by atoms with Crippen molar-refractivity contribution in [3.05, 3.63) is 69.9 Å². The number of hydrogen-bond donors (Lipinski definition) is 2. The highest BCUT2D eigenvalue weighted by molar-refractivity contribution is 6.30. The first-order valence-electron chi connectivity index (χ1n) is 9.23. The average Bonchev–Trinajstić information content (AvgIpc) is 3.00. The molecule has 0 unspecified atom stereocenters. The zero-order valence-electron chi connectivity index (χ0n) is 15.3. The van der Waals surface area contributed by atoms with Gasteiger partial charge in [0.1, 0.15) is 0 Å². The second-order valence-corrected chi connectivity index (χ2v) is 8.07. The Labute approximate surface area is 159 Å². The number of aromatic amines is 1. The molecule has 3 nitrogen and oxygen atoms in total. The molecule has 2 heterocycles. The Morgan fingerprint density at radius 2 is 1.81 bits per heavy atom. The van der Waals surface area contributed by atoms with Crippen LogP contribution in [0.4, 0.5) is 0 Å². The van der Waals surface area contributed by atoms with E-state index in [2.05, 4.69) is 42.1 Å². The van der Waals surface area contributed by atoms with Crippen molar-refractivity contribution in [3.63, 3.8) is 0 Å². The lowest BCUT2D eigenvalue weighted by Crippen LogP contribution is -2.42. The molecule has 4 heteroatoms. The van der Waals surface area contributed by atoms with Crippen LogP contribution in [0.3, 0.4) is 0 Å². The van der Waals surface area contributed by atoms with Crippen LogP contribution in [-0.4, -0.2) is 28.1 Å². The summed E-state index contributed by atoms with van der Waals surface area (Å²) < 4.78 is 0. The van der Waals surface area contributed by atoms with Crippen molar-refractivity contribution in [2.45, 2.75) is 38.8 Å². The summed E-state index contributed by atoms with van der Waals surface area (Å²) in [4.78, 5) is 5.86. The Bertz CT molecular complexity index is 921. The van der Waals surface area contributed by atoms with Gasteiger partial charge in [0.15, 0.2) is 0 Å². The van der Waals surface area contributed by atoms with Crippen molar-refractivity contribution >= 4 is 22.5 Å². The molecule has 0 radical (unpaired) electrons. The van der Waals surface area contributed by atoms with Crippen LogP contribution >= 0.6 is 11.6 Å². The molecular weight excluding hydrogens is 344 g/mol. The van der Waals surface area contributed by atoms with Crippen LogP contribution in [-0.2, 0) is 12.1 Å². The van der Waals surface area contributed by atoms with Crippen LogP contribution in [0, 0.1) is 13.8 Å². The zero-order chi connectivity index (χ0) is 18.3. The maximum absolute atomic E-state index is 11.0. The van der Waals surface area contributed by atoms with Gasteiger partial charge in [0.2, 0.25) is 0 Å². The first-order valence-corrected chi connectivity index (χ1v) is 9.60. The van der Waals surface area contributed by atoms with Gasteiger partial charge in [0, 0.05) is 41.8 Å². The van der Waals surface area contributed by atoms with E-state index in [9.17, 15) is 5.11 Å². The molecule has 4 rings (SSSR count). The molecule has 2 aromatic carbocycles. The third-order valence-electron chi connectivity index (χ3n) is 5.66. The van der Waals surface area contributed by atoms with E-state index in [0.29, 0.717) is 5.02 Å². The van der Waals surface area contributed by atoms with E-state index in [0.717, 1.165) is 38.0 Å². The maximum atomic E-state index is 11.0. The summed E-state index contributed by atoms with van der Waals surface area (Å²) in [5, 5.41) is 13.1. The van der Waals surface area contributed by atoms with Gasteiger partial charge in [-0.05, 0) is 67.1 Å². The molecule has 2 N–H and O–H groups in total. The number of benzene rings is 2. The zero-order valence-corrected chi connectivity index (χ0v) is 16.1. The minimum Gasteiger partial charge on any atom is -0.385 e. The van der Waals surface area contributed by atoms with Crippen LogP contribution in [0.5, 0.6) is 0 Å². The summed E-state index contributed by atoms with van der Waals surface area (Å²) in [6.07, 6.45) is 3.63. The lowest BCUT2D eigenvalue weighted by Gasteiger charge is -2.38. The highest BCUT2D eigenvalue weighted by atomic mass is 35.5. The lowest BCUT2D eigenvalue weighted by molar-refractivity contribution is -0.0276. The van der Waals surface area contributed by atoms with Crippen molar-refractivity contribution in [2.24, 2.45) is 0 Å². The first kappa shape index (κ1) is 17.6. The summed E-state index contributed by atoms with van der Waals surface area (Å²) in [5.41, 5.74) is 5.40. The topological polar surface area (TPSA) is 39.3 Å². The molecule has 0 aliphatic carbocycles. The van der Waals surface area contributed by atoms with Crippen molar-refractivity contribution < 1.29 is 5.11 Å². The van der Waals surface area contributed by atoms with Gasteiger partial charge in [0.25, 0.3) is 0 Å². The number of nitrogens with zero attached hydrogens (tertiary/aromatic N) is 1. The fourth-order valence-corrected chi connectivity index (χ4v) is 4.37. The monoisotopic (exact) mass is 368 g/mol. The van der Waals surface area contributed by atoms with Crippen molar-refractivity contribution in [3.8, 4) is 0 Å². The predicted molar refractivity (Wildman–Crippen MR) is 108 cm³/mol. The van der Waals surface area contributed by atoms with E-state index in [-0.39, 0.29) is 0 Å². The second kappa shape index (κ2) is 6.73. The van der Waals surface area contributed by atoms with Gasteiger partial charge >= 0.3 is 0 Å². The summed E-state index contributed by atoms with van der Waals surface area (Å²) in [6.45, 7) is 7.01. The van der Waals surface area contributed by atoms with Gasteiger partial charge < -0.3 is 10.1 Å². The van der Waals surface area contributed by atoms with E-state index in [1.165, 1.54) is 27.6 Å². The Morgan fingerprint density at radius 3 is 2.50 bits per heavy atom. The van der Waals surface area contributed by atoms with E-state index in [1.54, 1.807) is 0 Å². The van der Waals surface area contributed by atoms with Gasteiger partial charge in [-0.3, -0.25) is 4.90 Å². The molecule has 1 aromatic heterocycles. The van der Waals surface area contributed by atoms with Gasteiger partial charge in [-0.1, -0.05) is 29.8 Å². The third kappa shape index (κ3) is 3.27. The standard InChI is InChI=1S/C22H25ClN2O/c1-15-11-16(2)21-17(13-24-20(21)12-15)14-25-9-7-22(26,8-10-25)18-3-5-19(23)6-4-18/h3-6,11-13,24,26H,7-10,14H2,1-2H3. The SMILES string of the molecule is Cc1cc(C)c2c(CN3CCC(O)(c4ccc(Cl)cc4)CC3)c[nH]c2c1. The molecule has 0 amide bonds. The lowest BCUT2D eigenvalue weighted by atomic mass is 9.84. The fraction of sp³-hybridized carbons (Fsp3) is 0.364. The number of rotatable bonds is 3. The van der Waals surface area contributed by atoms with E-state index in [1.807, 2.05) is 24.3 Å². The number of halogens is 1. The summed E-state index contributed by atoms with van der Waals surface area (Å²) in [5.74, 6) is 0. The molecule has 136 valence electrons. The number of aliphatic hydroxyl groups is 1. The molecule has 1 aliphatic rings. The van der Waals surface area contributed by atoms with Gasteiger partial charge in [-0.2, -0.15) is 0 Å².